The molecule has 2 N–H and O–H groups in total. The molecule has 8 heteroatoms. The molecule has 1 aromatic rings. The summed E-state index contributed by atoms with van der Waals surface area (Å²) in [7, 11) is 1.81. The third-order valence-electron chi connectivity index (χ3n) is 4.67. The molecule has 1 aliphatic heterocycles. The number of piperidine rings is 1. The van der Waals surface area contributed by atoms with Gasteiger partial charge in [0, 0.05) is 32.2 Å². The molecule has 0 radical (unpaired) electrons. The van der Waals surface area contributed by atoms with Gasteiger partial charge in [0.25, 0.3) is 0 Å². The highest BCUT2D eigenvalue weighted by atomic mass is 16.5. The third kappa shape index (κ3) is 7.30. The summed E-state index contributed by atoms with van der Waals surface area (Å²) in [5.74, 6) is 0.809. The number of nitrogens with one attached hydrogen (secondary N) is 2. The molecular weight excluding hydrogens is 346 g/mol. The molecule has 1 aromatic heterocycles. The van der Waals surface area contributed by atoms with E-state index < -0.39 is 0 Å². The molecule has 8 nitrogen and oxygen atoms in total. The number of amides is 2. The van der Waals surface area contributed by atoms with E-state index >= 15 is 0 Å². The van der Waals surface area contributed by atoms with Gasteiger partial charge >= 0.3 is 0 Å². The summed E-state index contributed by atoms with van der Waals surface area (Å²) in [6.07, 6.45) is 2.62. The van der Waals surface area contributed by atoms with Crippen molar-refractivity contribution < 1.29 is 14.3 Å². The van der Waals surface area contributed by atoms with E-state index in [1.165, 1.54) is 0 Å². The number of hydrogen-bond donors (Lipinski definition) is 2. The molecular formula is C19H33N5O3. The Balaban J connectivity index is 1.63. The van der Waals surface area contributed by atoms with Crippen molar-refractivity contribution in [3.05, 3.63) is 11.8 Å². The van der Waals surface area contributed by atoms with E-state index in [1.54, 1.807) is 4.68 Å². The van der Waals surface area contributed by atoms with Gasteiger partial charge in [-0.1, -0.05) is 0 Å². The Bertz CT molecular complexity index is 621. The second-order valence-electron chi connectivity index (χ2n) is 7.46. The van der Waals surface area contributed by atoms with Crippen LogP contribution < -0.4 is 10.6 Å². The van der Waals surface area contributed by atoms with E-state index in [1.807, 2.05) is 33.9 Å². The van der Waals surface area contributed by atoms with Crippen molar-refractivity contribution in [3.63, 3.8) is 0 Å². The van der Waals surface area contributed by atoms with Crippen LogP contribution >= 0.6 is 0 Å². The maximum atomic E-state index is 12.2. The normalized spacial score (nSPS) is 15.9. The summed E-state index contributed by atoms with van der Waals surface area (Å²) in [5.41, 5.74) is 0.871. The maximum absolute atomic E-state index is 12.2. The quantitative estimate of drug-likeness (QED) is 0.632. The minimum Gasteiger partial charge on any atom is -0.379 e. The van der Waals surface area contributed by atoms with Crippen LogP contribution in [0.4, 0.5) is 5.82 Å². The predicted molar refractivity (Wildman–Crippen MR) is 104 cm³/mol. The Kier molecular flexibility index (Phi) is 8.24. The van der Waals surface area contributed by atoms with Gasteiger partial charge in [-0.3, -0.25) is 19.2 Å². The number of anilines is 1. The average Bonchev–Trinajstić information content (AvgIpc) is 2.91. The van der Waals surface area contributed by atoms with Crippen LogP contribution in [0.5, 0.6) is 0 Å². The zero-order valence-corrected chi connectivity index (χ0v) is 17.0. The Morgan fingerprint density at radius 2 is 2.04 bits per heavy atom. The molecule has 2 amide bonds. The molecule has 2 heterocycles. The Morgan fingerprint density at radius 3 is 2.63 bits per heavy atom. The van der Waals surface area contributed by atoms with Crippen LogP contribution in [0.25, 0.3) is 0 Å². The Hall–Kier alpha value is -1.93. The largest absolute Gasteiger partial charge is 0.379 e. The molecule has 1 fully saturated rings. The lowest BCUT2D eigenvalue weighted by Crippen LogP contribution is -2.43. The van der Waals surface area contributed by atoms with Crippen LogP contribution in [0.2, 0.25) is 0 Å². The number of carbonyl (C=O) groups excluding carboxylic acids is 2. The second kappa shape index (κ2) is 10.4. The van der Waals surface area contributed by atoms with Gasteiger partial charge in [0.05, 0.1) is 18.3 Å². The number of rotatable bonds is 9. The van der Waals surface area contributed by atoms with Crippen LogP contribution in [0.3, 0.4) is 0 Å². The van der Waals surface area contributed by atoms with Crippen molar-refractivity contribution in [1.29, 1.82) is 0 Å². The summed E-state index contributed by atoms with van der Waals surface area (Å²) in [6.45, 7) is 9.07. The van der Waals surface area contributed by atoms with Crippen molar-refractivity contribution in [2.75, 3.05) is 38.1 Å². The van der Waals surface area contributed by atoms with E-state index in [4.69, 9.17) is 4.74 Å². The fourth-order valence-corrected chi connectivity index (χ4v) is 3.21. The van der Waals surface area contributed by atoms with Crippen molar-refractivity contribution in [2.24, 2.45) is 13.0 Å². The summed E-state index contributed by atoms with van der Waals surface area (Å²) < 4.78 is 7.13. The maximum Gasteiger partial charge on any atom is 0.239 e. The van der Waals surface area contributed by atoms with E-state index in [0.29, 0.717) is 25.5 Å². The summed E-state index contributed by atoms with van der Waals surface area (Å²) in [5, 5.41) is 10.1. The fourth-order valence-electron chi connectivity index (χ4n) is 3.21. The van der Waals surface area contributed by atoms with Crippen molar-refractivity contribution in [2.45, 2.75) is 46.1 Å². The minimum absolute atomic E-state index is 0.0371. The number of nitrogens with zero attached hydrogens (tertiary/aromatic N) is 3. The molecule has 1 saturated heterocycles. The van der Waals surface area contributed by atoms with Crippen LogP contribution in [0.1, 0.15) is 38.8 Å². The predicted octanol–water partition coefficient (Wildman–Crippen LogP) is 1.31. The standard InChI is InChI=1S/C19H33N5O3/c1-14(2)27-11-5-8-20-19(26)16-6-9-24(10-7-16)13-18(25)21-17-12-15(3)22-23(17)4/h12,14,16H,5-11,13H2,1-4H3,(H,20,26)(H,21,25). The van der Waals surface area contributed by atoms with Crippen LogP contribution in [-0.2, 0) is 21.4 Å². The lowest BCUT2D eigenvalue weighted by Gasteiger charge is -2.30. The van der Waals surface area contributed by atoms with Crippen molar-refractivity contribution >= 4 is 17.6 Å². The fraction of sp³-hybridized carbons (Fsp3) is 0.737. The van der Waals surface area contributed by atoms with E-state index in [-0.39, 0.29) is 23.8 Å². The smallest absolute Gasteiger partial charge is 0.239 e. The zero-order chi connectivity index (χ0) is 19.8. The van der Waals surface area contributed by atoms with Gasteiger partial charge in [0.2, 0.25) is 11.8 Å². The van der Waals surface area contributed by atoms with Crippen molar-refractivity contribution in [1.82, 2.24) is 20.0 Å². The molecule has 0 aliphatic carbocycles. The molecule has 0 saturated carbocycles. The highest BCUT2D eigenvalue weighted by molar-refractivity contribution is 5.91. The molecule has 2 rings (SSSR count). The average molecular weight is 380 g/mol. The number of carbonyl (C=O) groups is 2. The first-order valence-corrected chi connectivity index (χ1v) is 9.77. The van der Waals surface area contributed by atoms with E-state index in [0.717, 1.165) is 38.0 Å². The van der Waals surface area contributed by atoms with Gasteiger partial charge in [-0.2, -0.15) is 5.10 Å². The van der Waals surface area contributed by atoms with Crippen LogP contribution in [0, 0.1) is 12.8 Å². The lowest BCUT2D eigenvalue weighted by molar-refractivity contribution is -0.126. The monoisotopic (exact) mass is 379 g/mol. The van der Waals surface area contributed by atoms with Gasteiger partial charge in [0.15, 0.2) is 0 Å². The Morgan fingerprint density at radius 1 is 1.33 bits per heavy atom. The zero-order valence-electron chi connectivity index (χ0n) is 17.0. The van der Waals surface area contributed by atoms with Crippen LogP contribution in [0.15, 0.2) is 6.07 Å². The molecule has 0 unspecified atom stereocenters. The molecule has 0 aromatic carbocycles. The lowest BCUT2D eigenvalue weighted by atomic mass is 9.96. The number of aromatic nitrogens is 2. The topological polar surface area (TPSA) is 88.5 Å². The van der Waals surface area contributed by atoms with Crippen molar-refractivity contribution in [3.8, 4) is 0 Å². The molecule has 0 bridgehead atoms. The van der Waals surface area contributed by atoms with E-state index in [2.05, 4.69) is 20.6 Å². The van der Waals surface area contributed by atoms with Crippen LogP contribution in [-0.4, -0.2) is 65.4 Å². The second-order valence-corrected chi connectivity index (χ2v) is 7.46. The first-order valence-electron chi connectivity index (χ1n) is 9.77. The number of ether oxygens (including phenoxy) is 1. The van der Waals surface area contributed by atoms with Gasteiger partial charge in [-0.25, -0.2) is 0 Å². The van der Waals surface area contributed by atoms with Gasteiger partial charge in [-0.05, 0) is 53.1 Å². The minimum atomic E-state index is -0.0499. The van der Waals surface area contributed by atoms with E-state index in [9.17, 15) is 9.59 Å². The summed E-state index contributed by atoms with van der Waals surface area (Å²) in [4.78, 5) is 26.6. The van der Waals surface area contributed by atoms with Gasteiger partial charge in [0.1, 0.15) is 5.82 Å². The number of aryl methyl sites for hydroxylation is 2. The molecule has 27 heavy (non-hydrogen) atoms. The highest BCUT2D eigenvalue weighted by Crippen LogP contribution is 2.17. The first-order chi connectivity index (χ1) is 12.8. The number of likely N-dealkylation sites (tertiary alicyclic amines) is 1. The van der Waals surface area contributed by atoms with Gasteiger partial charge in [-0.15, -0.1) is 0 Å². The summed E-state index contributed by atoms with van der Waals surface area (Å²) >= 11 is 0. The molecule has 1 aliphatic rings. The third-order valence-corrected chi connectivity index (χ3v) is 4.67. The molecule has 0 spiro atoms. The first kappa shape index (κ1) is 21.4. The Labute approximate surface area is 161 Å². The highest BCUT2D eigenvalue weighted by Gasteiger charge is 2.25. The van der Waals surface area contributed by atoms with Gasteiger partial charge < -0.3 is 15.4 Å². The molecule has 0 atom stereocenters. The number of hydrogen-bond acceptors (Lipinski definition) is 5. The summed E-state index contributed by atoms with van der Waals surface area (Å²) in [6, 6.07) is 1.85. The SMILES string of the molecule is Cc1cc(NC(=O)CN2CCC(C(=O)NCCCOC(C)C)CC2)n(C)n1. The molecule has 152 valence electrons.